The van der Waals surface area contributed by atoms with Crippen molar-refractivity contribution in [1.29, 1.82) is 0 Å². The first kappa shape index (κ1) is 24.0. The van der Waals surface area contributed by atoms with E-state index in [1.807, 2.05) is 49.5 Å². The van der Waals surface area contributed by atoms with E-state index in [4.69, 9.17) is 9.73 Å². The number of nitrogens with zero attached hydrogens (tertiary/aromatic N) is 3. The summed E-state index contributed by atoms with van der Waals surface area (Å²) in [5, 5.41) is 4.19. The lowest BCUT2D eigenvalue weighted by Gasteiger charge is -2.17. The smallest absolute Gasteiger partial charge is 0.411 e. The molecule has 3 aromatic rings. The average Bonchev–Trinajstić information content (AvgIpc) is 3.37. The molecule has 0 spiro atoms. The predicted molar refractivity (Wildman–Crippen MR) is 146 cm³/mol. The molecule has 0 radical (unpaired) electrons. The van der Waals surface area contributed by atoms with Crippen LogP contribution in [0.5, 0.6) is 0 Å². The zero-order chi connectivity index (χ0) is 25.1. The molecule has 0 atom stereocenters. The zero-order valence-electron chi connectivity index (χ0n) is 19.8. The van der Waals surface area contributed by atoms with Gasteiger partial charge in [-0.2, -0.15) is 0 Å². The van der Waals surface area contributed by atoms with Gasteiger partial charge in [0, 0.05) is 17.6 Å². The van der Waals surface area contributed by atoms with Crippen LogP contribution in [0.25, 0.3) is 0 Å². The molecule has 9 heteroatoms. The molecule has 5 rings (SSSR count). The average molecular weight is 517 g/mol. The standard InChI is InChI=1S/C27H24N4O3S2/c1-3-34-27(33)29-20-15-13-19(14-16-20)28-26-31(17-18-9-5-4-6-10-18)24(32)23(36-26)25-30(2)21-11-7-8-12-22(21)35-25/h4-16H,3,17H2,1-2H3,(H,29,33)/b25-23-,28-26-. The van der Waals surface area contributed by atoms with Gasteiger partial charge < -0.3 is 9.64 Å². The number of fused-ring (bicyclic) bond motifs is 1. The first-order valence-electron chi connectivity index (χ1n) is 11.4. The maximum Gasteiger partial charge on any atom is 0.411 e. The number of ether oxygens (including phenoxy) is 1. The van der Waals surface area contributed by atoms with E-state index in [0.29, 0.717) is 34.6 Å². The molecule has 2 heterocycles. The monoisotopic (exact) mass is 516 g/mol. The number of benzene rings is 3. The number of carbonyl (C=O) groups excluding carboxylic acids is 2. The van der Waals surface area contributed by atoms with Crippen molar-refractivity contribution in [2.24, 2.45) is 4.99 Å². The number of aliphatic imine (C=N–C) groups is 1. The van der Waals surface area contributed by atoms with Gasteiger partial charge in [0.1, 0.15) is 4.91 Å². The molecule has 2 aliphatic heterocycles. The first-order chi connectivity index (χ1) is 17.5. The summed E-state index contributed by atoms with van der Waals surface area (Å²) < 4.78 is 4.92. The number of thioether (sulfide) groups is 2. The molecule has 1 saturated heterocycles. The van der Waals surface area contributed by atoms with Crippen LogP contribution in [0.15, 0.2) is 98.7 Å². The Kier molecular flexibility index (Phi) is 7.02. The van der Waals surface area contributed by atoms with Crippen LogP contribution in [0.1, 0.15) is 12.5 Å². The fourth-order valence-electron chi connectivity index (χ4n) is 3.84. The lowest BCUT2D eigenvalue weighted by molar-refractivity contribution is -0.122. The van der Waals surface area contributed by atoms with Crippen molar-refractivity contribution in [1.82, 2.24) is 4.90 Å². The summed E-state index contributed by atoms with van der Waals surface area (Å²) in [5.74, 6) is -0.0645. The van der Waals surface area contributed by atoms with Crippen molar-refractivity contribution >= 4 is 57.8 Å². The van der Waals surface area contributed by atoms with E-state index in [1.165, 1.54) is 11.8 Å². The molecule has 182 valence electrons. The zero-order valence-corrected chi connectivity index (χ0v) is 21.4. The van der Waals surface area contributed by atoms with Gasteiger partial charge in [0.2, 0.25) is 0 Å². The summed E-state index contributed by atoms with van der Waals surface area (Å²) in [6.07, 6.45) is -0.502. The van der Waals surface area contributed by atoms with Gasteiger partial charge in [-0.3, -0.25) is 15.0 Å². The van der Waals surface area contributed by atoms with E-state index in [2.05, 4.69) is 22.3 Å². The number of amides is 2. The van der Waals surface area contributed by atoms with E-state index in [-0.39, 0.29) is 5.91 Å². The number of hydrogen-bond donors (Lipinski definition) is 1. The Bertz CT molecular complexity index is 1360. The lowest BCUT2D eigenvalue weighted by Crippen LogP contribution is -2.29. The molecule has 0 aromatic heterocycles. The Labute approximate surface area is 218 Å². The summed E-state index contributed by atoms with van der Waals surface area (Å²) in [7, 11) is 1.99. The molecule has 0 bridgehead atoms. The Morgan fingerprint density at radius 1 is 0.972 bits per heavy atom. The Hall–Kier alpha value is -3.69. The van der Waals surface area contributed by atoms with Crippen LogP contribution in [0.2, 0.25) is 0 Å². The van der Waals surface area contributed by atoms with Crippen molar-refractivity contribution in [3.63, 3.8) is 0 Å². The third kappa shape index (κ3) is 4.98. The second-order valence-electron chi connectivity index (χ2n) is 8.03. The highest BCUT2D eigenvalue weighted by Gasteiger charge is 2.39. The van der Waals surface area contributed by atoms with Crippen LogP contribution in [0, 0.1) is 0 Å². The van der Waals surface area contributed by atoms with Crippen LogP contribution < -0.4 is 10.2 Å². The largest absolute Gasteiger partial charge is 0.450 e. The molecule has 7 nitrogen and oxygen atoms in total. The quantitative estimate of drug-likeness (QED) is 0.394. The Balaban J connectivity index is 1.46. The maximum atomic E-state index is 13.7. The third-order valence-electron chi connectivity index (χ3n) is 5.59. The normalized spacial score (nSPS) is 18.1. The van der Waals surface area contributed by atoms with Gasteiger partial charge in [-0.25, -0.2) is 9.79 Å². The van der Waals surface area contributed by atoms with Gasteiger partial charge in [-0.15, -0.1) is 0 Å². The summed E-state index contributed by atoms with van der Waals surface area (Å²) in [4.78, 5) is 35.8. The predicted octanol–water partition coefficient (Wildman–Crippen LogP) is 6.43. The Morgan fingerprint density at radius 3 is 2.42 bits per heavy atom. The van der Waals surface area contributed by atoms with Gasteiger partial charge in [0.15, 0.2) is 5.17 Å². The van der Waals surface area contributed by atoms with Crippen LogP contribution >= 0.6 is 23.5 Å². The number of rotatable bonds is 5. The van der Waals surface area contributed by atoms with E-state index < -0.39 is 6.09 Å². The molecule has 2 aliphatic rings. The minimum atomic E-state index is -0.502. The molecule has 1 fully saturated rings. The molecule has 0 unspecified atom stereocenters. The molecule has 2 amide bonds. The molecule has 0 saturated carbocycles. The highest BCUT2D eigenvalue weighted by molar-refractivity contribution is 8.19. The van der Waals surface area contributed by atoms with Gasteiger partial charge in [-0.1, -0.05) is 54.2 Å². The maximum absolute atomic E-state index is 13.7. The van der Waals surface area contributed by atoms with Gasteiger partial charge >= 0.3 is 6.09 Å². The van der Waals surface area contributed by atoms with Crippen LogP contribution in [-0.4, -0.2) is 35.7 Å². The number of amidine groups is 1. The van der Waals surface area contributed by atoms with Crippen molar-refractivity contribution in [2.45, 2.75) is 18.4 Å². The van der Waals surface area contributed by atoms with Crippen molar-refractivity contribution in [3.8, 4) is 0 Å². The third-order valence-corrected chi connectivity index (χ3v) is 8.03. The van der Waals surface area contributed by atoms with E-state index >= 15 is 0 Å². The van der Waals surface area contributed by atoms with Crippen molar-refractivity contribution in [3.05, 3.63) is 94.4 Å². The molecule has 36 heavy (non-hydrogen) atoms. The summed E-state index contributed by atoms with van der Waals surface area (Å²) >= 11 is 2.99. The number of carbonyl (C=O) groups is 2. The number of nitrogens with one attached hydrogen (secondary N) is 1. The minimum absolute atomic E-state index is 0.0645. The molecular weight excluding hydrogens is 492 g/mol. The van der Waals surface area contributed by atoms with Gasteiger partial charge in [-0.05, 0) is 60.6 Å². The van der Waals surface area contributed by atoms with Crippen molar-refractivity contribution < 1.29 is 14.3 Å². The SMILES string of the molecule is CCOC(=O)Nc1ccc(/N=C2\S/C(=C3\Sc4ccccc4N3C)C(=O)N2Cc2ccccc2)cc1. The summed E-state index contributed by atoms with van der Waals surface area (Å²) in [6, 6.07) is 25.2. The number of anilines is 2. The topological polar surface area (TPSA) is 74.2 Å². The minimum Gasteiger partial charge on any atom is -0.450 e. The Morgan fingerprint density at radius 2 is 1.69 bits per heavy atom. The van der Waals surface area contributed by atoms with Crippen molar-refractivity contribution in [2.75, 3.05) is 23.9 Å². The van der Waals surface area contributed by atoms with Crippen LogP contribution in [-0.2, 0) is 16.1 Å². The van der Waals surface area contributed by atoms with Gasteiger partial charge in [0.25, 0.3) is 5.91 Å². The van der Waals surface area contributed by atoms with E-state index in [9.17, 15) is 9.59 Å². The number of para-hydroxylation sites is 1. The van der Waals surface area contributed by atoms with Gasteiger partial charge in [0.05, 0.1) is 29.6 Å². The first-order valence-corrected chi connectivity index (χ1v) is 13.1. The van der Waals surface area contributed by atoms with Crippen LogP contribution in [0.4, 0.5) is 21.9 Å². The molecule has 0 aliphatic carbocycles. The lowest BCUT2D eigenvalue weighted by atomic mass is 10.2. The summed E-state index contributed by atoms with van der Waals surface area (Å²) in [5.41, 5.74) is 3.40. The fourth-order valence-corrected chi connectivity index (χ4v) is 6.18. The molecular formula is C27H24N4O3S2. The molecule has 1 N–H and O–H groups in total. The summed E-state index contributed by atoms with van der Waals surface area (Å²) in [6.45, 7) is 2.48. The molecule has 3 aromatic carbocycles. The highest BCUT2D eigenvalue weighted by Crippen LogP contribution is 2.50. The van der Waals surface area contributed by atoms with E-state index in [0.717, 1.165) is 21.2 Å². The highest BCUT2D eigenvalue weighted by atomic mass is 32.2. The second-order valence-corrected chi connectivity index (χ2v) is 10.0. The number of hydrogen-bond acceptors (Lipinski definition) is 7. The second kappa shape index (κ2) is 10.5. The van der Waals surface area contributed by atoms with E-state index in [1.54, 1.807) is 47.9 Å². The fraction of sp³-hybridized carbons (Fsp3) is 0.148. The van der Waals surface area contributed by atoms with Crippen LogP contribution in [0.3, 0.4) is 0 Å².